The Morgan fingerprint density at radius 3 is 1.82 bits per heavy atom. The smallest absolute Gasteiger partial charge is 0.326 e. The molecule has 0 rings (SSSR count). The molecule has 0 heterocycles. The van der Waals surface area contributed by atoms with Gasteiger partial charge in [-0.2, -0.15) is 0 Å². The van der Waals surface area contributed by atoms with Gasteiger partial charge in [0.15, 0.2) is 0 Å². The molecular formula is C21H37N5O8. The largest absolute Gasteiger partial charge is 0.481 e. The van der Waals surface area contributed by atoms with Gasteiger partial charge >= 0.3 is 11.9 Å². The van der Waals surface area contributed by atoms with E-state index in [0.29, 0.717) is 12.8 Å². The molecule has 0 saturated carbocycles. The molecule has 0 aromatic carbocycles. The first-order chi connectivity index (χ1) is 15.7. The van der Waals surface area contributed by atoms with E-state index in [0.717, 1.165) is 0 Å². The summed E-state index contributed by atoms with van der Waals surface area (Å²) < 4.78 is 0. The molecule has 9 N–H and O–H groups in total. The Morgan fingerprint density at radius 1 is 0.853 bits per heavy atom. The Kier molecular flexibility index (Phi) is 13.4. The van der Waals surface area contributed by atoms with Crippen molar-refractivity contribution >= 4 is 35.6 Å². The number of amides is 4. The number of hydrogen-bond donors (Lipinski definition) is 7. The van der Waals surface area contributed by atoms with E-state index in [9.17, 15) is 33.9 Å². The van der Waals surface area contributed by atoms with Crippen LogP contribution in [0, 0.1) is 11.8 Å². The molecular weight excluding hydrogens is 450 g/mol. The molecule has 0 aliphatic rings. The van der Waals surface area contributed by atoms with Crippen LogP contribution in [0.5, 0.6) is 0 Å². The maximum atomic E-state index is 12.8. The van der Waals surface area contributed by atoms with Gasteiger partial charge in [0.05, 0.1) is 12.5 Å². The van der Waals surface area contributed by atoms with Crippen LogP contribution in [0.1, 0.15) is 59.8 Å². The number of primary amides is 1. The van der Waals surface area contributed by atoms with Crippen molar-refractivity contribution in [3.63, 3.8) is 0 Å². The second-order valence-corrected chi connectivity index (χ2v) is 8.67. The minimum absolute atomic E-state index is 0.0842. The lowest BCUT2D eigenvalue weighted by Crippen LogP contribution is -2.58. The predicted octanol–water partition coefficient (Wildman–Crippen LogP) is -1.31. The van der Waals surface area contributed by atoms with Gasteiger partial charge in [-0.3, -0.25) is 24.0 Å². The summed E-state index contributed by atoms with van der Waals surface area (Å²) >= 11 is 0. The first kappa shape index (κ1) is 30.8. The molecule has 0 bridgehead atoms. The zero-order chi connectivity index (χ0) is 26.6. The van der Waals surface area contributed by atoms with Crippen molar-refractivity contribution in [3.8, 4) is 0 Å². The van der Waals surface area contributed by atoms with Crippen molar-refractivity contribution in [1.82, 2.24) is 16.0 Å². The highest BCUT2D eigenvalue weighted by molar-refractivity contribution is 5.96. The first-order valence-corrected chi connectivity index (χ1v) is 11.1. The van der Waals surface area contributed by atoms with Crippen molar-refractivity contribution in [2.45, 2.75) is 84.0 Å². The Bertz CT molecular complexity index is 757. The number of hydrogen-bond acceptors (Lipinski definition) is 7. The van der Waals surface area contributed by atoms with E-state index in [1.807, 2.05) is 13.8 Å². The lowest BCUT2D eigenvalue weighted by atomic mass is 9.98. The molecule has 0 radical (unpaired) electrons. The number of nitrogens with one attached hydrogen (secondary N) is 3. The molecule has 0 aliphatic carbocycles. The van der Waals surface area contributed by atoms with Gasteiger partial charge in [-0.15, -0.1) is 0 Å². The summed E-state index contributed by atoms with van der Waals surface area (Å²) in [5.41, 5.74) is 11.0. The summed E-state index contributed by atoms with van der Waals surface area (Å²) in [5.74, 6) is -6.39. The second kappa shape index (κ2) is 14.8. The molecule has 4 amide bonds. The molecule has 0 aliphatic heterocycles. The summed E-state index contributed by atoms with van der Waals surface area (Å²) in [4.78, 5) is 71.9. The number of carboxylic acid groups (broad SMARTS) is 2. The second-order valence-electron chi connectivity index (χ2n) is 8.67. The molecule has 0 aromatic heterocycles. The third-order valence-corrected chi connectivity index (χ3v) is 5.16. The minimum Gasteiger partial charge on any atom is -0.481 e. The van der Waals surface area contributed by atoms with Gasteiger partial charge in [0.25, 0.3) is 0 Å². The van der Waals surface area contributed by atoms with Crippen LogP contribution in [-0.2, 0) is 28.8 Å². The number of aliphatic carboxylic acids is 2. The van der Waals surface area contributed by atoms with E-state index in [1.165, 1.54) is 0 Å². The molecule has 194 valence electrons. The molecule has 5 atom stereocenters. The van der Waals surface area contributed by atoms with Crippen LogP contribution in [0.4, 0.5) is 0 Å². The van der Waals surface area contributed by atoms with Crippen LogP contribution in [0.2, 0.25) is 0 Å². The van der Waals surface area contributed by atoms with Crippen molar-refractivity contribution < 1.29 is 39.0 Å². The molecule has 0 spiro atoms. The zero-order valence-electron chi connectivity index (χ0n) is 20.0. The summed E-state index contributed by atoms with van der Waals surface area (Å²) in [6, 6.07) is -5.13. The molecule has 5 unspecified atom stereocenters. The Balaban J connectivity index is 5.64. The first-order valence-electron chi connectivity index (χ1n) is 11.1. The quantitative estimate of drug-likeness (QED) is 0.137. The average molecular weight is 488 g/mol. The van der Waals surface area contributed by atoms with Gasteiger partial charge in [-0.25, -0.2) is 4.79 Å². The number of rotatable bonds is 16. The Morgan fingerprint density at radius 2 is 1.38 bits per heavy atom. The highest BCUT2D eigenvalue weighted by Gasteiger charge is 2.32. The fourth-order valence-corrected chi connectivity index (χ4v) is 3.05. The molecule has 0 saturated heterocycles. The van der Waals surface area contributed by atoms with E-state index < -0.39 is 78.5 Å². The number of carbonyl (C=O) groups excluding carboxylic acids is 4. The minimum atomic E-state index is -1.46. The van der Waals surface area contributed by atoms with Crippen molar-refractivity contribution in [2.75, 3.05) is 0 Å². The summed E-state index contributed by atoms with van der Waals surface area (Å²) in [6.07, 6.45) is -0.710. The van der Waals surface area contributed by atoms with Gasteiger partial charge in [-0.05, 0) is 24.7 Å². The molecule has 13 nitrogen and oxygen atoms in total. The Hall–Kier alpha value is -3.22. The maximum Gasteiger partial charge on any atom is 0.326 e. The van der Waals surface area contributed by atoms with E-state index >= 15 is 0 Å². The van der Waals surface area contributed by atoms with Crippen molar-refractivity contribution in [1.29, 1.82) is 0 Å². The topological polar surface area (TPSA) is 231 Å². The van der Waals surface area contributed by atoms with Crippen LogP contribution in [0.3, 0.4) is 0 Å². The van der Waals surface area contributed by atoms with Crippen LogP contribution in [0.25, 0.3) is 0 Å². The van der Waals surface area contributed by atoms with E-state index in [1.54, 1.807) is 13.8 Å². The van der Waals surface area contributed by atoms with Gasteiger partial charge in [0.2, 0.25) is 23.6 Å². The molecule has 34 heavy (non-hydrogen) atoms. The predicted molar refractivity (Wildman–Crippen MR) is 121 cm³/mol. The van der Waals surface area contributed by atoms with Gasteiger partial charge in [0.1, 0.15) is 18.1 Å². The fraction of sp³-hybridized carbons (Fsp3) is 0.714. The lowest BCUT2D eigenvalue weighted by Gasteiger charge is -2.26. The SMILES string of the molecule is CCC(C)C(NC(=O)C(CCC(=O)O)NC(=O)C(CC(N)=O)NC(=O)C(N)CC(C)C)C(=O)O. The monoisotopic (exact) mass is 487 g/mol. The Labute approximate surface area is 198 Å². The summed E-state index contributed by atoms with van der Waals surface area (Å²) in [5, 5.41) is 25.3. The van der Waals surface area contributed by atoms with Gasteiger partial charge < -0.3 is 37.6 Å². The highest BCUT2D eigenvalue weighted by atomic mass is 16.4. The third-order valence-electron chi connectivity index (χ3n) is 5.16. The molecule has 0 aromatic rings. The fourth-order valence-electron chi connectivity index (χ4n) is 3.05. The number of carbonyl (C=O) groups is 6. The van der Waals surface area contributed by atoms with E-state index in [-0.39, 0.29) is 12.3 Å². The van der Waals surface area contributed by atoms with Crippen LogP contribution in [0.15, 0.2) is 0 Å². The van der Waals surface area contributed by atoms with Crippen LogP contribution in [-0.4, -0.2) is 69.9 Å². The number of nitrogens with two attached hydrogens (primary N) is 2. The maximum absolute atomic E-state index is 12.8. The van der Waals surface area contributed by atoms with E-state index in [4.69, 9.17) is 16.6 Å². The third kappa shape index (κ3) is 11.6. The van der Waals surface area contributed by atoms with Gasteiger partial charge in [-0.1, -0.05) is 34.1 Å². The summed E-state index contributed by atoms with van der Waals surface area (Å²) in [6.45, 7) is 7.03. The zero-order valence-corrected chi connectivity index (χ0v) is 20.0. The molecule has 0 fully saturated rings. The average Bonchev–Trinajstić information content (AvgIpc) is 2.72. The normalized spacial score (nSPS) is 15.4. The van der Waals surface area contributed by atoms with Crippen LogP contribution < -0.4 is 27.4 Å². The number of carboxylic acids is 2. The standard InChI is InChI=1S/C21H37N5O8/c1-5-11(4)17(21(33)34)26-19(31)13(6-7-16(28)29)24-20(32)14(9-15(23)27)25-18(30)12(22)8-10(2)3/h10-14,17H,5-9,22H2,1-4H3,(H2,23,27)(H,24,32)(H,25,30)(H,26,31)(H,28,29)(H,33,34). The molecule has 13 heteroatoms. The highest BCUT2D eigenvalue weighted by Crippen LogP contribution is 2.10. The van der Waals surface area contributed by atoms with Crippen molar-refractivity contribution in [3.05, 3.63) is 0 Å². The van der Waals surface area contributed by atoms with Crippen LogP contribution >= 0.6 is 0 Å². The summed E-state index contributed by atoms with van der Waals surface area (Å²) in [7, 11) is 0. The van der Waals surface area contributed by atoms with E-state index in [2.05, 4.69) is 16.0 Å². The van der Waals surface area contributed by atoms with Crippen molar-refractivity contribution in [2.24, 2.45) is 23.3 Å². The van der Waals surface area contributed by atoms with Gasteiger partial charge in [0, 0.05) is 6.42 Å². The lowest BCUT2D eigenvalue weighted by molar-refractivity contribution is -0.144.